The number of aromatic nitrogens is 2. The van der Waals surface area contributed by atoms with Crippen molar-refractivity contribution in [2.24, 2.45) is 13.0 Å². The summed E-state index contributed by atoms with van der Waals surface area (Å²) in [5.41, 5.74) is 2.34. The molecule has 1 amide bonds. The molecule has 3 rings (SSSR count). The Morgan fingerprint density at radius 3 is 2.86 bits per heavy atom. The average Bonchev–Trinajstić information content (AvgIpc) is 3.16. The second-order valence-electron chi connectivity index (χ2n) is 5.56. The highest BCUT2D eigenvalue weighted by Gasteiger charge is 2.43. The summed E-state index contributed by atoms with van der Waals surface area (Å²) in [6.45, 7) is 0.661. The van der Waals surface area contributed by atoms with Crippen LogP contribution in [0.2, 0.25) is 5.02 Å². The summed E-state index contributed by atoms with van der Waals surface area (Å²) in [6, 6.07) is 7.78. The molecule has 2 atom stereocenters. The van der Waals surface area contributed by atoms with Crippen LogP contribution in [0.25, 0.3) is 0 Å². The van der Waals surface area contributed by atoms with Crippen molar-refractivity contribution in [3.05, 3.63) is 52.8 Å². The van der Waals surface area contributed by atoms with Gasteiger partial charge < -0.3 is 5.32 Å². The van der Waals surface area contributed by atoms with Crippen LogP contribution in [0.1, 0.15) is 23.5 Å². The maximum atomic E-state index is 12.1. The van der Waals surface area contributed by atoms with Crippen LogP contribution >= 0.6 is 11.6 Å². The topological polar surface area (TPSA) is 46.9 Å². The lowest BCUT2D eigenvalue weighted by Crippen LogP contribution is -2.27. The third-order valence-corrected chi connectivity index (χ3v) is 4.15. The number of amides is 1. The molecule has 1 aliphatic rings. The van der Waals surface area contributed by atoms with Crippen LogP contribution in [0.4, 0.5) is 0 Å². The molecule has 1 aromatic heterocycles. The van der Waals surface area contributed by atoms with E-state index < -0.39 is 0 Å². The number of benzene rings is 1. The fourth-order valence-electron chi connectivity index (χ4n) is 2.63. The van der Waals surface area contributed by atoms with E-state index in [0.717, 1.165) is 23.4 Å². The molecular formula is C16H18ClN3O. The second-order valence-corrected chi connectivity index (χ2v) is 6.00. The lowest BCUT2D eigenvalue weighted by atomic mass is 10.1. The highest BCUT2D eigenvalue weighted by molar-refractivity contribution is 6.30. The molecule has 5 heteroatoms. The molecule has 1 heterocycles. The third kappa shape index (κ3) is 3.45. The zero-order valence-corrected chi connectivity index (χ0v) is 12.7. The Kier molecular flexibility index (Phi) is 3.97. The predicted molar refractivity (Wildman–Crippen MR) is 82.2 cm³/mol. The average molecular weight is 304 g/mol. The standard InChI is InChI=1S/C16H18ClN3O/c1-20-10-11(9-19-20)6-7-18-16(21)15-8-14(15)12-2-4-13(17)5-3-12/h2-5,9-10,14-15H,6-8H2,1H3,(H,18,21)/t14-,15+/m0/s1. The van der Waals surface area contributed by atoms with Crippen molar-refractivity contribution in [3.63, 3.8) is 0 Å². The largest absolute Gasteiger partial charge is 0.356 e. The number of hydrogen-bond donors (Lipinski definition) is 1. The fraction of sp³-hybridized carbons (Fsp3) is 0.375. The van der Waals surface area contributed by atoms with Crippen LogP contribution in [-0.2, 0) is 18.3 Å². The van der Waals surface area contributed by atoms with Gasteiger partial charge in [0.05, 0.1) is 6.20 Å². The number of carbonyl (C=O) groups is 1. The Morgan fingerprint density at radius 1 is 1.43 bits per heavy atom. The van der Waals surface area contributed by atoms with Crippen LogP contribution in [0.5, 0.6) is 0 Å². The highest BCUT2D eigenvalue weighted by Crippen LogP contribution is 2.47. The third-order valence-electron chi connectivity index (χ3n) is 3.90. The van der Waals surface area contributed by atoms with Crippen LogP contribution in [0.3, 0.4) is 0 Å². The van der Waals surface area contributed by atoms with E-state index >= 15 is 0 Å². The highest BCUT2D eigenvalue weighted by atomic mass is 35.5. The van der Waals surface area contributed by atoms with Gasteiger partial charge in [0, 0.05) is 30.7 Å². The molecule has 2 aromatic rings. The van der Waals surface area contributed by atoms with Crippen molar-refractivity contribution in [2.75, 3.05) is 6.54 Å². The van der Waals surface area contributed by atoms with Gasteiger partial charge in [-0.05, 0) is 42.0 Å². The number of halogens is 1. The van der Waals surface area contributed by atoms with Crippen molar-refractivity contribution in [1.29, 1.82) is 0 Å². The van der Waals surface area contributed by atoms with Crippen LogP contribution in [-0.4, -0.2) is 22.2 Å². The monoisotopic (exact) mass is 303 g/mol. The summed E-state index contributed by atoms with van der Waals surface area (Å²) in [7, 11) is 1.89. The Hall–Kier alpha value is -1.81. The Labute approximate surface area is 129 Å². The Balaban J connectivity index is 1.46. The van der Waals surface area contributed by atoms with Gasteiger partial charge in [0.2, 0.25) is 5.91 Å². The summed E-state index contributed by atoms with van der Waals surface area (Å²) in [6.07, 6.45) is 5.55. The summed E-state index contributed by atoms with van der Waals surface area (Å²) >= 11 is 5.88. The maximum absolute atomic E-state index is 12.1. The molecule has 1 aromatic carbocycles. The van der Waals surface area contributed by atoms with E-state index in [1.807, 2.05) is 43.7 Å². The molecule has 1 N–H and O–H groups in total. The van der Waals surface area contributed by atoms with E-state index in [1.54, 1.807) is 4.68 Å². The number of aryl methyl sites for hydroxylation is 1. The summed E-state index contributed by atoms with van der Waals surface area (Å²) in [4.78, 5) is 12.1. The minimum Gasteiger partial charge on any atom is -0.356 e. The summed E-state index contributed by atoms with van der Waals surface area (Å²) in [5.74, 6) is 0.611. The van der Waals surface area contributed by atoms with E-state index in [0.29, 0.717) is 12.5 Å². The minimum atomic E-state index is 0.111. The minimum absolute atomic E-state index is 0.111. The van der Waals surface area contributed by atoms with E-state index in [1.165, 1.54) is 5.56 Å². The second kappa shape index (κ2) is 5.90. The molecule has 0 unspecified atom stereocenters. The first-order valence-corrected chi connectivity index (χ1v) is 7.52. The van der Waals surface area contributed by atoms with Gasteiger partial charge >= 0.3 is 0 Å². The van der Waals surface area contributed by atoms with Crippen molar-refractivity contribution in [2.45, 2.75) is 18.8 Å². The van der Waals surface area contributed by atoms with Gasteiger partial charge in [-0.3, -0.25) is 9.48 Å². The number of hydrogen-bond acceptors (Lipinski definition) is 2. The number of rotatable bonds is 5. The Bertz CT molecular complexity index is 635. The van der Waals surface area contributed by atoms with E-state index in [4.69, 9.17) is 11.6 Å². The SMILES string of the molecule is Cn1cc(CCNC(=O)[C@@H]2C[C@H]2c2ccc(Cl)cc2)cn1. The molecule has 1 aliphatic carbocycles. The first kappa shape index (κ1) is 14.1. The molecule has 0 saturated heterocycles. The van der Waals surface area contributed by atoms with E-state index in [-0.39, 0.29) is 11.8 Å². The predicted octanol–water partition coefficient (Wildman–Crippen LogP) is 2.54. The fourth-order valence-corrected chi connectivity index (χ4v) is 2.75. The van der Waals surface area contributed by atoms with Gasteiger partial charge in [-0.15, -0.1) is 0 Å². The zero-order valence-electron chi connectivity index (χ0n) is 11.9. The zero-order chi connectivity index (χ0) is 14.8. The van der Waals surface area contributed by atoms with E-state index in [9.17, 15) is 4.79 Å². The summed E-state index contributed by atoms with van der Waals surface area (Å²) in [5, 5.41) is 7.86. The van der Waals surface area contributed by atoms with Crippen molar-refractivity contribution in [3.8, 4) is 0 Å². The van der Waals surface area contributed by atoms with Gasteiger partial charge in [0.1, 0.15) is 0 Å². The van der Waals surface area contributed by atoms with Crippen LogP contribution in [0, 0.1) is 5.92 Å². The quantitative estimate of drug-likeness (QED) is 0.922. The molecule has 4 nitrogen and oxygen atoms in total. The molecule has 1 fully saturated rings. The molecule has 0 bridgehead atoms. The van der Waals surface area contributed by atoms with Crippen LogP contribution < -0.4 is 5.32 Å². The van der Waals surface area contributed by atoms with Gasteiger partial charge in [0.15, 0.2) is 0 Å². The summed E-state index contributed by atoms with van der Waals surface area (Å²) < 4.78 is 1.77. The molecular weight excluding hydrogens is 286 g/mol. The first-order chi connectivity index (χ1) is 10.1. The molecule has 0 aliphatic heterocycles. The molecule has 21 heavy (non-hydrogen) atoms. The molecule has 0 radical (unpaired) electrons. The van der Waals surface area contributed by atoms with Gasteiger partial charge in [-0.1, -0.05) is 23.7 Å². The lowest BCUT2D eigenvalue weighted by molar-refractivity contribution is -0.122. The smallest absolute Gasteiger partial charge is 0.223 e. The molecule has 110 valence electrons. The molecule has 0 spiro atoms. The number of carbonyl (C=O) groups excluding carboxylic acids is 1. The van der Waals surface area contributed by atoms with E-state index in [2.05, 4.69) is 10.4 Å². The van der Waals surface area contributed by atoms with Gasteiger partial charge in [0.25, 0.3) is 0 Å². The van der Waals surface area contributed by atoms with Gasteiger partial charge in [-0.25, -0.2) is 0 Å². The number of nitrogens with zero attached hydrogens (tertiary/aromatic N) is 2. The number of nitrogens with one attached hydrogen (secondary N) is 1. The Morgan fingerprint density at radius 2 is 2.19 bits per heavy atom. The maximum Gasteiger partial charge on any atom is 0.223 e. The van der Waals surface area contributed by atoms with Crippen molar-refractivity contribution < 1.29 is 4.79 Å². The van der Waals surface area contributed by atoms with Crippen LogP contribution in [0.15, 0.2) is 36.7 Å². The molecule has 1 saturated carbocycles. The first-order valence-electron chi connectivity index (χ1n) is 7.14. The normalized spacial score (nSPS) is 20.3. The van der Waals surface area contributed by atoms with Crippen molar-refractivity contribution in [1.82, 2.24) is 15.1 Å². The lowest BCUT2D eigenvalue weighted by Gasteiger charge is -2.04. The van der Waals surface area contributed by atoms with Gasteiger partial charge in [-0.2, -0.15) is 5.10 Å². The van der Waals surface area contributed by atoms with Crippen molar-refractivity contribution >= 4 is 17.5 Å².